The van der Waals surface area contributed by atoms with Crippen LogP contribution in [0.2, 0.25) is 5.02 Å². The highest BCUT2D eigenvalue weighted by molar-refractivity contribution is 6.30. The molecule has 0 aliphatic heterocycles. The number of hydrogen-bond donors (Lipinski definition) is 2. The fourth-order valence-electron chi connectivity index (χ4n) is 2.60. The molecule has 0 atom stereocenters. The second-order valence-electron chi connectivity index (χ2n) is 6.54. The molecule has 140 valence electrons. The minimum atomic E-state index is 0.617. The van der Waals surface area contributed by atoms with E-state index in [4.69, 9.17) is 11.6 Å². The molecular formula is C21H24ClN5. The molecule has 0 aliphatic carbocycles. The van der Waals surface area contributed by atoms with Gasteiger partial charge in [0.1, 0.15) is 5.82 Å². The number of nitrogens with zero attached hydrogens (tertiary/aromatic N) is 3. The lowest BCUT2D eigenvalue weighted by Crippen LogP contribution is -2.21. The molecule has 2 N–H and O–H groups in total. The summed E-state index contributed by atoms with van der Waals surface area (Å²) in [6.45, 7) is 2.33. The SMILES string of the molecule is CN(C)CCNc1nc(NCc2cccc(Cl)c2)cc(-c2ccccc2)n1. The number of likely N-dealkylation sites (N-methyl/N-ethyl adjacent to an activating group) is 1. The van der Waals surface area contributed by atoms with Gasteiger partial charge in [0.05, 0.1) is 5.69 Å². The van der Waals surface area contributed by atoms with Crippen LogP contribution in [-0.2, 0) is 6.54 Å². The van der Waals surface area contributed by atoms with Crippen LogP contribution in [0.4, 0.5) is 11.8 Å². The quantitative estimate of drug-likeness (QED) is 0.606. The van der Waals surface area contributed by atoms with Crippen molar-refractivity contribution >= 4 is 23.4 Å². The molecule has 0 fully saturated rings. The molecule has 1 aromatic heterocycles. The van der Waals surface area contributed by atoms with Gasteiger partial charge in [-0.3, -0.25) is 0 Å². The topological polar surface area (TPSA) is 53.1 Å². The van der Waals surface area contributed by atoms with Gasteiger partial charge in [0.15, 0.2) is 0 Å². The second-order valence-corrected chi connectivity index (χ2v) is 6.98. The van der Waals surface area contributed by atoms with Crippen LogP contribution in [0.3, 0.4) is 0 Å². The highest BCUT2D eigenvalue weighted by Crippen LogP contribution is 2.22. The Hall–Kier alpha value is -2.63. The van der Waals surface area contributed by atoms with Crippen molar-refractivity contribution in [1.82, 2.24) is 14.9 Å². The first-order valence-corrected chi connectivity index (χ1v) is 9.29. The van der Waals surface area contributed by atoms with Crippen LogP contribution in [0.1, 0.15) is 5.56 Å². The van der Waals surface area contributed by atoms with E-state index in [0.717, 1.165) is 40.8 Å². The molecular weight excluding hydrogens is 358 g/mol. The molecule has 2 aromatic carbocycles. The number of halogens is 1. The Morgan fingerprint density at radius 3 is 2.48 bits per heavy atom. The Morgan fingerprint density at radius 1 is 0.926 bits per heavy atom. The molecule has 6 heteroatoms. The summed E-state index contributed by atoms with van der Waals surface area (Å²) in [5.74, 6) is 1.39. The van der Waals surface area contributed by atoms with Gasteiger partial charge in [0, 0.05) is 36.3 Å². The van der Waals surface area contributed by atoms with E-state index in [-0.39, 0.29) is 0 Å². The first-order valence-electron chi connectivity index (χ1n) is 8.91. The fraction of sp³-hybridized carbons (Fsp3) is 0.238. The number of anilines is 2. The van der Waals surface area contributed by atoms with Crippen LogP contribution in [0.25, 0.3) is 11.3 Å². The first kappa shape index (κ1) is 19.1. The van der Waals surface area contributed by atoms with Gasteiger partial charge < -0.3 is 15.5 Å². The zero-order chi connectivity index (χ0) is 19.1. The van der Waals surface area contributed by atoms with Crippen LogP contribution in [0, 0.1) is 0 Å². The fourth-order valence-corrected chi connectivity index (χ4v) is 2.82. The molecule has 0 spiro atoms. The Balaban J connectivity index is 1.80. The molecule has 3 aromatic rings. The third-order valence-corrected chi connectivity index (χ3v) is 4.24. The van der Waals surface area contributed by atoms with Crippen molar-refractivity contribution in [3.63, 3.8) is 0 Å². The highest BCUT2D eigenvalue weighted by atomic mass is 35.5. The summed E-state index contributed by atoms with van der Waals surface area (Å²) in [4.78, 5) is 11.4. The maximum absolute atomic E-state index is 6.07. The zero-order valence-electron chi connectivity index (χ0n) is 15.6. The molecule has 0 saturated carbocycles. The van der Waals surface area contributed by atoms with Gasteiger partial charge >= 0.3 is 0 Å². The van der Waals surface area contributed by atoms with Crippen molar-refractivity contribution in [2.45, 2.75) is 6.54 Å². The van der Waals surface area contributed by atoms with Crippen molar-refractivity contribution in [3.05, 3.63) is 71.2 Å². The lowest BCUT2D eigenvalue weighted by molar-refractivity contribution is 0.425. The lowest BCUT2D eigenvalue weighted by atomic mass is 10.1. The van der Waals surface area contributed by atoms with Gasteiger partial charge in [-0.05, 0) is 31.8 Å². The van der Waals surface area contributed by atoms with E-state index >= 15 is 0 Å². The van der Waals surface area contributed by atoms with Gasteiger partial charge in [-0.1, -0.05) is 54.1 Å². The normalized spacial score (nSPS) is 10.8. The third kappa shape index (κ3) is 5.94. The third-order valence-electron chi connectivity index (χ3n) is 4.00. The van der Waals surface area contributed by atoms with Crippen LogP contribution in [0.5, 0.6) is 0 Å². The standard InChI is InChI=1S/C21H24ClN5/c1-27(2)12-11-23-21-25-19(17-8-4-3-5-9-17)14-20(26-21)24-15-16-7-6-10-18(22)13-16/h3-10,13-14H,11-12,15H2,1-2H3,(H2,23,24,25,26). The van der Waals surface area contributed by atoms with Crippen LogP contribution < -0.4 is 10.6 Å². The van der Waals surface area contributed by atoms with Crippen LogP contribution in [0.15, 0.2) is 60.7 Å². The summed E-state index contributed by atoms with van der Waals surface area (Å²) in [6, 6.07) is 19.9. The molecule has 0 bridgehead atoms. The Bertz CT molecular complexity index is 867. The van der Waals surface area contributed by atoms with Gasteiger partial charge in [-0.15, -0.1) is 0 Å². The average molecular weight is 382 g/mol. The van der Waals surface area contributed by atoms with Crippen molar-refractivity contribution in [2.24, 2.45) is 0 Å². The maximum Gasteiger partial charge on any atom is 0.225 e. The number of nitrogens with one attached hydrogen (secondary N) is 2. The van der Waals surface area contributed by atoms with E-state index in [2.05, 4.69) is 25.5 Å². The summed E-state index contributed by atoms with van der Waals surface area (Å²) in [7, 11) is 4.09. The summed E-state index contributed by atoms with van der Waals surface area (Å²) in [6.07, 6.45) is 0. The maximum atomic E-state index is 6.07. The first-order chi connectivity index (χ1) is 13.1. The Kier molecular flexibility index (Phi) is 6.63. The molecule has 5 nitrogen and oxygen atoms in total. The zero-order valence-corrected chi connectivity index (χ0v) is 16.4. The number of rotatable bonds is 8. The van der Waals surface area contributed by atoms with Crippen LogP contribution >= 0.6 is 11.6 Å². The molecule has 1 heterocycles. The predicted octanol–water partition coefficient (Wildman–Crippen LogP) is 4.38. The summed E-state index contributed by atoms with van der Waals surface area (Å²) in [5.41, 5.74) is 3.04. The van der Waals surface area contributed by atoms with Crippen molar-refractivity contribution in [3.8, 4) is 11.3 Å². The predicted molar refractivity (Wildman–Crippen MR) is 113 cm³/mol. The van der Waals surface area contributed by atoms with Gasteiger partial charge in [-0.25, -0.2) is 4.98 Å². The minimum absolute atomic E-state index is 0.617. The smallest absolute Gasteiger partial charge is 0.225 e. The number of benzene rings is 2. The van der Waals surface area contributed by atoms with Gasteiger partial charge in [0.25, 0.3) is 0 Å². The molecule has 0 amide bonds. The molecule has 0 unspecified atom stereocenters. The lowest BCUT2D eigenvalue weighted by Gasteiger charge is -2.13. The van der Waals surface area contributed by atoms with Gasteiger partial charge in [0.2, 0.25) is 5.95 Å². The Morgan fingerprint density at radius 2 is 1.74 bits per heavy atom. The van der Waals surface area contributed by atoms with E-state index in [9.17, 15) is 0 Å². The van der Waals surface area contributed by atoms with Crippen molar-refractivity contribution in [2.75, 3.05) is 37.8 Å². The van der Waals surface area contributed by atoms with Gasteiger partial charge in [-0.2, -0.15) is 4.98 Å². The molecule has 0 radical (unpaired) electrons. The van der Waals surface area contributed by atoms with E-state index < -0.39 is 0 Å². The largest absolute Gasteiger partial charge is 0.366 e. The number of hydrogen-bond acceptors (Lipinski definition) is 5. The summed E-state index contributed by atoms with van der Waals surface area (Å²) < 4.78 is 0. The van der Waals surface area contributed by atoms with E-state index in [1.165, 1.54) is 0 Å². The summed E-state index contributed by atoms with van der Waals surface area (Å²) >= 11 is 6.07. The molecule has 27 heavy (non-hydrogen) atoms. The van der Waals surface area contributed by atoms with E-state index in [1.807, 2.05) is 74.8 Å². The van der Waals surface area contributed by atoms with Crippen molar-refractivity contribution in [1.29, 1.82) is 0 Å². The molecule has 0 aliphatic rings. The average Bonchev–Trinajstić information content (AvgIpc) is 2.67. The monoisotopic (exact) mass is 381 g/mol. The highest BCUT2D eigenvalue weighted by Gasteiger charge is 2.07. The van der Waals surface area contributed by atoms with Crippen molar-refractivity contribution < 1.29 is 0 Å². The minimum Gasteiger partial charge on any atom is -0.366 e. The van der Waals surface area contributed by atoms with E-state index in [1.54, 1.807) is 0 Å². The Labute approximate surface area is 165 Å². The van der Waals surface area contributed by atoms with E-state index in [0.29, 0.717) is 12.5 Å². The van der Waals surface area contributed by atoms with Crippen LogP contribution in [-0.4, -0.2) is 42.1 Å². The molecule has 3 rings (SSSR count). The molecule has 0 saturated heterocycles. The second kappa shape index (κ2) is 9.35. The summed E-state index contributed by atoms with van der Waals surface area (Å²) in [5, 5.41) is 7.42. The number of aromatic nitrogens is 2.